The number of aryl methyl sites for hydroxylation is 1. The largest absolute Gasteiger partial charge is 0.435 e. The van der Waals surface area contributed by atoms with Crippen molar-refractivity contribution in [2.24, 2.45) is 0 Å². The molecule has 16 heavy (non-hydrogen) atoms. The molecule has 0 radical (unpaired) electrons. The molecule has 0 spiro atoms. The maximum Gasteiger partial charge on any atom is 0.387 e. The number of hydrogen-bond donors (Lipinski definition) is 0. The van der Waals surface area contributed by atoms with Gasteiger partial charge in [0.15, 0.2) is 4.90 Å². The Balaban J connectivity index is 2.20. The third-order valence-electron chi connectivity index (χ3n) is 2.61. The van der Waals surface area contributed by atoms with Crippen molar-refractivity contribution in [2.75, 3.05) is 11.5 Å². The predicted molar refractivity (Wildman–Crippen MR) is 62.4 cm³/mol. The fourth-order valence-corrected chi connectivity index (χ4v) is 4.36. The van der Waals surface area contributed by atoms with Crippen LogP contribution in [-0.4, -0.2) is 18.1 Å². The van der Waals surface area contributed by atoms with Crippen molar-refractivity contribution in [3.63, 3.8) is 0 Å². The minimum Gasteiger partial charge on any atom is -0.435 e. The van der Waals surface area contributed by atoms with Crippen LogP contribution in [0.15, 0.2) is 23.1 Å². The Morgan fingerprint density at radius 1 is 1.19 bits per heavy atom. The highest BCUT2D eigenvalue weighted by atomic mass is 32.2. The van der Waals surface area contributed by atoms with Crippen LogP contribution in [0.25, 0.3) is 0 Å². The highest BCUT2D eigenvalue weighted by Gasteiger charge is 2.27. The van der Waals surface area contributed by atoms with E-state index in [2.05, 4.69) is 10.8 Å². The van der Waals surface area contributed by atoms with Crippen molar-refractivity contribution < 1.29 is 13.5 Å². The summed E-state index contributed by atoms with van der Waals surface area (Å²) in [6.07, 6.45) is 2.50. The lowest BCUT2D eigenvalue weighted by Crippen LogP contribution is -2.06. The molecule has 0 N–H and O–H groups in total. The zero-order chi connectivity index (χ0) is 11.5. The Morgan fingerprint density at radius 3 is 2.50 bits per heavy atom. The SMILES string of the molecule is Cc1cc(OC(F)F)cc([S+]2CCCC2)c1. The molecular weight excluding hydrogens is 230 g/mol. The van der Waals surface area contributed by atoms with Crippen molar-refractivity contribution in [1.82, 2.24) is 0 Å². The van der Waals surface area contributed by atoms with Crippen LogP contribution in [-0.2, 0) is 10.9 Å². The number of rotatable bonds is 3. The van der Waals surface area contributed by atoms with Gasteiger partial charge in [-0.05, 0) is 37.5 Å². The summed E-state index contributed by atoms with van der Waals surface area (Å²) in [5.41, 5.74) is 0.993. The van der Waals surface area contributed by atoms with Crippen LogP contribution < -0.4 is 4.74 Å². The molecule has 1 nitrogen and oxygen atoms in total. The van der Waals surface area contributed by atoms with Crippen molar-refractivity contribution in [2.45, 2.75) is 31.3 Å². The quantitative estimate of drug-likeness (QED) is 0.742. The van der Waals surface area contributed by atoms with E-state index in [1.165, 1.54) is 29.2 Å². The molecule has 1 aliphatic heterocycles. The first-order valence-corrected chi connectivity index (χ1v) is 6.95. The van der Waals surface area contributed by atoms with Gasteiger partial charge >= 0.3 is 6.61 Å². The molecule has 2 rings (SSSR count). The summed E-state index contributed by atoms with van der Waals surface area (Å²) < 4.78 is 28.7. The maximum absolute atomic E-state index is 12.1. The lowest BCUT2D eigenvalue weighted by Gasteiger charge is -2.07. The molecule has 1 aromatic carbocycles. The van der Waals surface area contributed by atoms with Crippen LogP contribution >= 0.6 is 0 Å². The van der Waals surface area contributed by atoms with E-state index in [4.69, 9.17) is 0 Å². The van der Waals surface area contributed by atoms with Gasteiger partial charge in [-0.1, -0.05) is 0 Å². The summed E-state index contributed by atoms with van der Waals surface area (Å²) >= 11 is 0. The van der Waals surface area contributed by atoms with Crippen LogP contribution in [0.2, 0.25) is 0 Å². The van der Waals surface area contributed by atoms with Crippen molar-refractivity contribution >= 4 is 10.9 Å². The number of alkyl halides is 2. The van der Waals surface area contributed by atoms with E-state index in [1.807, 2.05) is 6.92 Å². The number of hydrogen-bond acceptors (Lipinski definition) is 1. The van der Waals surface area contributed by atoms with Crippen LogP contribution in [0.4, 0.5) is 8.78 Å². The van der Waals surface area contributed by atoms with E-state index in [0.29, 0.717) is 5.75 Å². The molecule has 0 bridgehead atoms. The summed E-state index contributed by atoms with van der Waals surface area (Å²) in [6, 6.07) is 5.52. The zero-order valence-electron chi connectivity index (χ0n) is 9.21. The van der Waals surface area contributed by atoms with Gasteiger partial charge < -0.3 is 4.74 Å². The maximum atomic E-state index is 12.1. The molecule has 1 heterocycles. The number of ether oxygens (including phenoxy) is 1. The standard InChI is InChI=1S/C12H15F2OS/c1-9-6-10(15-12(13)14)8-11(7-9)16-4-2-3-5-16/h6-8,12H,2-5H2,1H3/q+1. The topological polar surface area (TPSA) is 9.23 Å². The first kappa shape index (κ1) is 11.7. The Kier molecular flexibility index (Phi) is 3.69. The van der Waals surface area contributed by atoms with Crippen LogP contribution in [0.5, 0.6) is 5.75 Å². The molecule has 1 saturated heterocycles. The Morgan fingerprint density at radius 2 is 1.88 bits per heavy atom. The van der Waals surface area contributed by atoms with Gasteiger partial charge in [0, 0.05) is 17.0 Å². The van der Waals surface area contributed by atoms with E-state index in [1.54, 1.807) is 12.1 Å². The average molecular weight is 245 g/mol. The summed E-state index contributed by atoms with van der Waals surface area (Å²) in [6.45, 7) is -0.817. The van der Waals surface area contributed by atoms with Crippen LogP contribution in [0.1, 0.15) is 18.4 Å². The lowest BCUT2D eigenvalue weighted by atomic mass is 10.2. The molecule has 0 aromatic heterocycles. The van der Waals surface area contributed by atoms with Gasteiger partial charge in [0.2, 0.25) is 0 Å². The second kappa shape index (κ2) is 5.04. The van der Waals surface area contributed by atoms with Gasteiger partial charge in [0.25, 0.3) is 0 Å². The third kappa shape index (κ3) is 2.88. The van der Waals surface area contributed by atoms with Gasteiger partial charge in [-0.3, -0.25) is 0 Å². The highest BCUT2D eigenvalue weighted by molar-refractivity contribution is 7.97. The van der Waals surface area contributed by atoms with E-state index >= 15 is 0 Å². The van der Waals surface area contributed by atoms with E-state index in [0.717, 1.165) is 5.56 Å². The third-order valence-corrected chi connectivity index (χ3v) is 5.08. The molecule has 4 heteroatoms. The summed E-state index contributed by atoms with van der Waals surface area (Å²) in [5.74, 6) is 2.68. The molecule has 1 aromatic rings. The van der Waals surface area contributed by atoms with Gasteiger partial charge in [0.05, 0.1) is 0 Å². The molecule has 0 atom stereocenters. The fraction of sp³-hybridized carbons (Fsp3) is 0.500. The van der Waals surface area contributed by atoms with E-state index in [9.17, 15) is 8.78 Å². The minimum absolute atomic E-state index is 0.249. The summed E-state index contributed by atoms with van der Waals surface area (Å²) in [7, 11) is 0.249. The minimum atomic E-state index is -2.73. The molecule has 1 aliphatic rings. The van der Waals surface area contributed by atoms with E-state index < -0.39 is 6.61 Å². The second-order valence-electron chi connectivity index (χ2n) is 3.97. The first-order valence-electron chi connectivity index (χ1n) is 5.39. The normalized spacial score (nSPS) is 17.0. The molecule has 0 saturated carbocycles. The van der Waals surface area contributed by atoms with Crippen LogP contribution in [0, 0.1) is 6.92 Å². The van der Waals surface area contributed by atoms with Gasteiger partial charge in [-0.2, -0.15) is 8.78 Å². The predicted octanol–water partition coefficient (Wildman–Crippen LogP) is 3.37. The van der Waals surface area contributed by atoms with Crippen LogP contribution in [0.3, 0.4) is 0 Å². The Bertz CT molecular complexity index is 362. The molecule has 1 fully saturated rings. The Labute approximate surface area is 97.2 Å². The van der Waals surface area contributed by atoms with E-state index in [-0.39, 0.29) is 10.9 Å². The first-order chi connectivity index (χ1) is 7.65. The van der Waals surface area contributed by atoms with Crippen molar-refractivity contribution in [3.05, 3.63) is 23.8 Å². The van der Waals surface area contributed by atoms with Crippen molar-refractivity contribution in [1.29, 1.82) is 0 Å². The number of benzene rings is 1. The smallest absolute Gasteiger partial charge is 0.387 e. The zero-order valence-corrected chi connectivity index (χ0v) is 10.0. The molecule has 0 unspecified atom stereocenters. The molecule has 0 amide bonds. The van der Waals surface area contributed by atoms with Gasteiger partial charge in [0.1, 0.15) is 17.3 Å². The summed E-state index contributed by atoms with van der Waals surface area (Å²) in [5, 5.41) is 0. The van der Waals surface area contributed by atoms with Gasteiger partial charge in [-0.15, -0.1) is 0 Å². The van der Waals surface area contributed by atoms with Gasteiger partial charge in [-0.25, -0.2) is 0 Å². The number of halogens is 2. The highest BCUT2D eigenvalue weighted by Crippen LogP contribution is 2.28. The second-order valence-corrected chi connectivity index (χ2v) is 6.24. The fourth-order valence-electron chi connectivity index (χ4n) is 1.94. The molecule has 0 aliphatic carbocycles. The molecular formula is C12H15F2OS+. The van der Waals surface area contributed by atoms with Crippen molar-refractivity contribution in [3.8, 4) is 5.75 Å². The Hall–Kier alpha value is -0.770. The summed E-state index contributed by atoms with van der Waals surface area (Å²) in [4.78, 5) is 1.17. The lowest BCUT2D eigenvalue weighted by molar-refractivity contribution is -0.0500. The average Bonchev–Trinajstić information content (AvgIpc) is 2.67. The molecule has 88 valence electrons. The monoisotopic (exact) mass is 245 g/mol.